The predicted octanol–water partition coefficient (Wildman–Crippen LogP) is 23.6. The highest BCUT2D eigenvalue weighted by molar-refractivity contribution is 5.71. The zero-order valence-electron chi connectivity index (χ0n) is 59.8. The Kier molecular flexibility index (Phi) is 67.9. The summed E-state index contributed by atoms with van der Waals surface area (Å²) in [4.78, 5) is 37.6. The molecule has 0 aromatic heterocycles. The molecule has 0 saturated heterocycles. The quantitative estimate of drug-likeness (QED) is 0.0211. The molecule has 2 unspecified atom stereocenters. The zero-order valence-corrected chi connectivity index (χ0v) is 59.8. The van der Waals surface area contributed by atoms with Gasteiger partial charge in [0.15, 0.2) is 6.10 Å². The van der Waals surface area contributed by atoms with E-state index in [1.165, 1.54) is 109 Å². The maximum Gasteiger partial charge on any atom is 0.361 e. The molecule has 0 aromatic carbocycles. The van der Waals surface area contributed by atoms with Crippen molar-refractivity contribution in [1.29, 1.82) is 0 Å². The molecule has 93 heavy (non-hydrogen) atoms. The van der Waals surface area contributed by atoms with E-state index in [9.17, 15) is 19.5 Å². The Morgan fingerprint density at radius 1 is 0.323 bits per heavy atom. The van der Waals surface area contributed by atoms with Gasteiger partial charge in [0.1, 0.15) is 13.2 Å². The highest BCUT2D eigenvalue weighted by atomic mass is 16.7. The number of aliphatic carboxylic acids is 1. The molecule has 0 bridgehead atoms. The molecule has 0 radical (unpaired) electrons. The number of carbonyl (C=O) groups is 3. The van der Waals surface area contributed by atoms with Gasteiger partial charge in [0.2, 0.25) is 0 Å². The van der Waals surface area contributed by atoms with Crippen molar-refractivity contribution < 1.29 is 42.9 Å². The Hall–Kier alpha value is -5.61. The van der Waals surface area contributed by atoms with Crippen molar-refractivity contribution in [2.75, 3.05) is 47.5 Å². The van der Waals surface area contributed by atoms with E-state index in [1.54, 1.807) is 0 Å². The lowest BCUT2D eigenvalue weighted by atomic mass is 10.0. The third-order valence-electron chi connectivity index (χ3n) is 15.2. The van der Waals surface area contributed by atoms with E-state index < -0.39 is 24.3 Å². The van der Waals surface area contributed by atoms with E-state index in [1.807, 2.05) is 21.1 Å². The van der Waals surface area contributed by atoms with Crippen molar-refractivity contribution in [1.82, 2.24) is 0 Å². The van der Waals surface area contributed by atoms with Gasteiger partial charge in [-0.25, -0.2) is 4.79 Å². The van der Waals surface area contributed by atoms with Crippen molar-refractivity contribution in [3.63, 3.8) is 0 Å². The van der Waals surface area contributed by atoms with Crippen LogP contribution >= 0.6 is 0 Å². The van der Waals surface area contributed by atoms with Crippen LogP contribution in [0.5, 0.6) is 0 Å². The number of hydrogen-bond donors (Lipinski definition) is 1. The molecule has 524 valence electrons. The van der Waals surface area contributed by atoms with Gasteiger partial charge in [-0.2, -0.15) is 0 Å². The van der Waals surface area contributed by atoms with Gasteiger partial charge in [0.05, 0.1) is 34.4 Å². The van der Waals surface area contributed by atoms with Crippen molar-refractivity contribution in [3.05, 3.63) is 182 Å². The Bertz CT molecular complexity index is 2190. The first-order valence-corrected chi connectivity index (χ1v) is 36.9. The fourth-order valence-corrected chi connectivity index (χ4v) is 9.60. The minimum Gasteiger partial charge on any atom is -0.477 e. The van der Waals surface area contributed by atoms with Crippen LogP contribution in [-0.2, 0) is 33.3 Å². The fourth-order valence-electron chi connectivity index (χ4n) is 9.60. The van der Waals surface area contributed by atoms with E-state index in [0.29, 0.717) is 17.4 Å². The maximum atomic E-state index is 12.9. The molecule has 0 fully saturated rings. The highest BCUT2D eigenvalue weighted by Gasteiger charge is 2.25. The third-order valence-corrected chi connectivity index (χ3v) is 15.2. The summed E-state index contributed by atoms with van der Waals surface area (Å²) in [6.07, 6.45) is 107. The van der Waals surface area contributed by atoms with Gasteiger partial charge in [-0.3, -0.25) is 9.59 Å². The summed E-state index contributed by atoms with van der Waals surface area (Å²) < 4.78 is 22.9. The van der Waals surface area contributed by atoms with Crippen molar-refractivity contribution in [3.8, 4) is 0 Å². The lowest BCUT2D eigenvalue weighted by molar-refractivity contribution is -0.870. The number of unbranched alkanes of at least 4 members (excludes halogenated alkanes) is 21. The molecule has 0 aliphatic rings. The molecule has 0 amide bonds. The fraction of sp³-hybridized carbons (Fsp3) is 0.607. The summed E-state index contributed by atoms with van der Waals surface area (Å²) >= 11 is 0. The molecule has 0 rings (SSSR count). The van der Waals surface area contributed by atoms with Crippen molar-refractivity contribution in [2.24, 2.45) is 0 Å². The van der Waals surface area contributed by atoms with Gasteiger partial charge in [-0.1, -0.05) is 305 Å². The van der Waals surface area contributed by atoms with Crippen LogP contribution < -0.4 is 0 Å². The monoisotopic (exact) mass is 1290 g/mol. The molecule has 0 spiro atoms. The minimum absolute atomic E-state index is 0.171. The second-order valence-corrected chi connectivity index (χ2v) is 25.1. The topological polar surface area (TPSA) is 108 Å². The second kappa shape index (κ2) is 72.2. The SMILES string of the molecule is CC/C=C\C/C=C\C/C=C\C/C=C\C/C=C\C/C=C\C/C=C\C/C=C\CCCCC(=O)OC(COC(=O)CCCCCCCCCCCCCCCCCCCCC/C=C\C/C=C\C/C=C\C/C=C\C/C=C\C/C=C\C/C=C\CC)COC(OCC[N+](C)(C)C)C(=O)O. The Labute approximate surface area is 570 Å². The lowest BCUT2D eigenvalue weighted by Crippen LogP contribution is -2.40. The smallest absolute Gasteiger partial charge is 0.361 e. The summed E-state index contributed by atoms with van der Waals surface area (Å²) in [5.41, 5.74) is 0. The van der Waals surface area contributed by atoms with Gasteiger partial charge in [-0.05, 0) is 135 Å². The minimum atomic E-state index is -1.53. The average molecular weight is 1290 g/mol. The van der Waals surface area contributed by atoms with Crippen LogP contribution in [0.25, 0.3) is 0 Å². The largest absolute Gasteiger partial charge is 0.477 e. The van der Waals surface area contributed by atoms with Crippen molar-refractivity contribution in [2.45, 2.75) is 283 Å². The van der Waals surface area contributed by atoms with Crippen LogP contribution in [0.15, 0.2) is 182 Å². The molecule has 1 N–H and O–H groups in total. The van der Waals surface area contributed by atoms with Gasteiger partial charge >= 0.3 is 17.9 Å². The van der Waals surface area contributed by atoms with Crippen LogP contribution in [-0.4, -0.2) is 87.4 Å². The summed E-state index contributed by atoms with van der Waals surface area (Å²) in [6, 6.07) is 0. The summed E-state index contributed by atoms with van der Waals surface area (Å²) in [5.74, 6) is -2.08. The first-order valence-electron chi connectivity index (χ1n) is 36.9. The molecular formula is C84H136NO8+. The van der Waals surface area contributed by atoms with Crippen LogP contribution in [0, 0.1) is 0 Å². The first kappa shape index (κ1) is 87.4. The Balaban J connectivity index is 4.13. The number of nitrogens with zero attached hydrogens (tertiary/aromatic N) is 1. The van der Waals surface area contributed by atoms with Gasteiger partial charge in [0.25, 0.3) is 6.29 Å². The number of carboxylic acid groups (broad SMARTS) is 1. The van der Waals surface area contributed by atoms with Crippen LogP contribution in [0.1, 0.15) is 271 Å². The number of rotatable bonds is 66. The van der Waals surface area contributed by atoms with Crippen LogP contribution in [0.3, 0.4) is 0 Å². The molecule has 9 nitrogen and oxygen atoms in total. The number of likely N-dealkylation sites (N-methyl/N-ethyl adjacent to an activating group) is 1. The first-order chi connectivity index (χ1) is 45.6. The Morgan fingerprint density at radius 3 is 0.882 bits per heavy atom. The van der Waals surface area contributed by atoms with E-state index in [4.69, 9.17) is 18.9 Å². The lowest BCUT2D eigenvalue weighted by Gasteiger charge is -2.25. The van der Waals surface area contributed by atoms with Crippen molar-refractivity contribution >= 4 is 17.9 Å². The second-order valence-electron chi connectivity index (χ2n) is 25.1. The number of carboxylic acids is 1. The number of quaternary nitrogens is 1. The number of allylic oxidation sites excluding steroid dienone is 30. The van der Waals surface area contributed by atoms with Gasteiger partial charge < -0.3 is 28.5 Å². The molecule has 2 atom stereocenters. The molecule has 0 saturated carbocycles. The zero-order chi connectivity index (χ0) is 67.5. The number of esters is 2. The predicted molar refractivity (Wildman–Crippen MR) is 400 cm³/mol. The number of hydrogen-bond acceptors (Lipinski definition) is 7. The average Bonchev–Trinajstić information content (AvgIpc) is 3.38. The van der Waals surface area contributed by atoms with E-state index >= 15 is 0 Å². The number of ether oxygens (including phenoxy) is 4. The maximum absolute atomic E-state index is 12.9. The van der Waals surface area contributed by atoms with Gasteiger partial charge in [0, 0.05) is 12.8 Å². The van der Waals surface area contributed by atoms with E-state index in [0.717, 1.165) is 128 Å². The Morgan fingerprint density at radius 2 is 0.581 bits per heavy atom. The standard InChI is InChI=1S/C84H135NO8/c1-6-8-10-12-14-16-18-20-22-24-26-28-30-32-34-35-36-37-38-39-40-41-42-43-44-45-46-47-49-50-52-54-56-58-60-62-64-66-68-70-72-74-81(86)91-78-80(79-92-84(83(88)89)90-77-76-85(3,4)5)93-82(87)75-73-71-69-67-65-63-61-59-57-55-53-51-48-33-31-29-27-25-23-21-19-17-15-13-11-9-7-2/h8-11,14-17,20-23,26-29,32-34,36-37,39-40,48,53,55,59,61,65,67,80,84H,6-7,12-13,18-19,24-25,30-31,35,38,41-47,49-52,54,56-58,60,62-64,66,68-79H2,1-5H3/p+1/b10-8-,11-9-,16-14-,17-15-,22-20-,23-21-,28-26-,29-27-,34-32-,37-36-,40-39-,48-33-,55-53-,61-59-,67-65-. The molecule has 9 heteroatoms. The molecular weight excluding hydrogens is 1150 g/mol. The van der Waals surface area contributed by atoms with Gasteiger partial charge in [-0.15, -0.1) is 0 Å². The molecule has 0 heterocycles. The normalized spacial score (nSPS) is 13.8. The highest BCUT2D eigenvalue weighted by Crippen LogP contribution is 2.17. The van der Waals surface area contributed by atoms with E-state index in [2.05, 4.69) is 196 Å². The molecule has 0 aliphatic carbocycles. The summed E-state index contributed by atoms with van der Waals surface area (Å²) in [6.45, 7) is 4.59. The van der Waals surface area contributed by atoms with Crippen LogP contribution in [0.2, 0.25) is 0 Å². The van der Waals surface area contributed by atoms with Crippen LogP contribution in [0.4, 0.5) is 0 Å². The summed E-state index contributed by atoms with van der Waals surface area (Å²) in [5, 5.41) is 9.75. The number of carbonyl (C=O) groups excluding carboxylic acids is 2. The third kappa shape index (κ3) is 73.7. The molecule has 0 aliphatic heterocycles. The summed E-state index contributed by atoms with van der Waals surface area (Å²) in [7, 11) is 5.95. The van der Waals surface area contributed by atoms with E-state index in [-0.39, 0.29) is 38.6 Å². The molecule has 0 aromatic rings.